The van der Waals surface area contributed by atoms with Gasteiger partial charge in [-0.15, -0.1) is 0 Å². The van der Waals surface area contributed by atoms with Crippen LogP contribution in [-0.4, -0.2) is 25.2 Å². The van der Waals surface area contributed by atoms with Gasteiger partial charge in [-0.2, -0.15) is 0 Å². The van der Waals surface area contributed by atoms with Crippen LogP contribution in [-0.2, 0) is 9.53 Å². The Bertz CT molecular complexity index is 202. The van der Waals surface area contributed by atoms with Gasteiger partial charge in [0, 0.05) is 7.00 Å². The molecule has 0 fully saturated rings. The number of ether oxygens (including phenoxy) is 1. The van der Waals surface area contributed by atoms with Gasteiger partial charge in [0.2, 0.25) is 0 Å². The van der Waals surface area contributed by atoms with Crippen LogP contribution in [0.25, 0.3) is 0 Å². The number of hydrogen-bond donors (Lipinski definition) is 1. The van der Waals surface area contributed by atoms with Gasteiger partial charge in [0.05, 0.1) is 0 Å². The van der Waals surface area contributed by atoms with E-state index < -0.39 is 5.60 Å². The molecule has 0 amide bonds. The molecule has 0 rings (SSSR count). The van der Waals surface area contributed by atoms with Crippen LogP contribution in [0.15, 0.2) is 12.2 Å². The zero-order chi connectivity index (χ0) is 10.5. The molecule has 0 aromatic rings. The molecule has 3 heteroatoms. The maximum absolute atomic E-state index is 11.2. The summed E-state index contributed by atoms with van der Waals surface area (Å²) in [5, 5.41) is 3.01. The third-order valence-electron chi connectivity index (χ3n) is 1.69. The van der Waals surface area contributed by atoms with E-state index >= 15 is 0 Å². The third kappa shape index (κ3) is 5.42. The van der Waals surface area contributed by atoms with Crippen molar-refractivity contribution in [3.63, 3.8) is 0 Å². The molecule has 0 spiro atoms. The smallest absolute Gasteiger partial charge is 0.333 e. The van der Waals surface area contributed by atoms with E-state index in [2.05, 4.69) is 11.9 Å². The van der Waals surface area contributed by atoms with E-state index in [0.29, 0.717) is 5.57 Å². The van der Waals surface area contributed by atoms with Crippen molar-refractivity contribution < 1.29 is 11.0 Å². The summed E-state index contributed by atoms with van der Waals surface area (Å²) in [6, 6.07) is 0. The highest BCUT2D eigenvalue weighted by Gasteiger charge is 2.22. The Morgan fingerprint density at radius 3 is 2.54 bits per heavy atom. The Morgan fingerprint density at radius 2 is 2.15 bits per heavy atom. The number of carbonyl (C=O) groups excluding carboxylic acids is 1. The SMILES string of the molecule is C=C(C)C(=O)OC(C)(C)CCNC.[HH]. The molecule has 0 saturated heterocycles. The second kappa shape index (κ2) is 5.02. The van der Waals surface area contributed by atoms with Crippen LogP contribution >= 0.6 is 0 Å². The molecule has 78 valence electrons. The van der Waals surface area contributed by atoms with Crippen molar-refractivity contribution in [1.82, 2.24) is 5.32 Å². The minimum Gasteiger partial charge on any atom is -0.456 e. The second-order valence-corrected chi connectivity index (χ2v) is 3.78. The van der Waals surface area contributed by atoms with Crippen molar-refractivity contribution in [3.8, 4) is 0 Å². The minimum atomic E-state index is -0.418. The maximum Gasteiger partial charge on any atom is 0.333 e. The first-order valence-electron chi connectivity index (χ1n) is 4.42. The van der Waals surface area contributed by atoms with Crippen LogP contribution in [0, 0.1) is 0 Å². The zero-order valence-electron chi connectivity index (χ0n) is 8.94. The number of hydrogen-bond acceptors (Lipinski definition) is 3. The zero-order valence-corrected chi connectivity index (χ0v) is 8.94. The van der Waals surface area contributed by atoms with Crippen LogP contribution in [0.1, 0.15) is 28.6 Å². The summed E-state index contributed by atoms with van der Waals surface area (Å²) in [7, 11) is 1.87. The Labute approximate surface area is 81.6 Å². The fraction of sp³-hybridized carbons (Fsp3) is 0.700. The number of carbonyl (C=O) groups is 1. The van der Waals surface area contributed by atoms with Gasteiger partial charge in [-0.3, -0.25) is 0 Å². The van der Waals surface area contributed by atoms with Crippen molar-refractivity contribution in [2.75, 3.05) is 13.6 Å². The Hall–Kier alpha value is -0.830. The van der Waals surface area contributed by atoms with Crippen molar-refractivity contribution in [3.05, 3.63) is 12.2 Å². The normalized spacial score (nSPS) is 11.1. The van der Waals surface area contributed by atoms with E-state index in [9.17, 15) is 4.79 Å². The second-order valence-electron chi connectivity index (χ2n) is 3.78. The van der Waals surface area contributed by atoms with Gasteiger partial charge >= 0.3 is 5.97 Å². The molecular weight excluding hydrogens is 166 g/mol. The molecule has 0 saturated carbocycles. The molecule has 0 aliphatic heterocycles. The number of esters is 1. The van der Waals surface area contributed by atoms with Gasteiger partial charge in [0.15, 0.2) is 0 Å². The Morgan fingerprint density at radius 1 is 1.62 bits per heavy atom. The molecule has 0 bridgehead atoms. The van der Waals surface area contributed by atoms with Gasteiger partial charge in [-0.1, -0.05) is 6.58 Å². The summed E-state index contributed by atoms with van der Waals surface area (Å²) in [5.41, 5.74) is 0.0245. The van der Waals surface area contributed by atoms with Crippen LogP contribution in [0.4, 0.5) is 0 Å². The molecule has 0 aliphatic rings. The quantitative estimate of drug-likeness (QED) is 0.526. The summed E-state index contributed by atoms with van der Waals surface area (Å²) in [5.74, 6) is -0.318. The van der Waals surface area contributed by atoms with E-state index in [4.69, 9.17) is 4.74 Å². The first-order chi connectivity index (χ1) is 5.89. The van der Waals surface area contributed by atoms with E-state index in [0.717, 1.165) is 13.0 Å². The van der Waals surface area contributed by atoms with Gasteiger partial charge in [-0.25, -0.2) is 4.79 Å². The highest BCUT2D eigenvalue weighted by molar-refractivity contribution is 5.87. The predicted molar refractivity (Wildman–Crippen MR) is 55.6 cm³/mol. The third-order valence-corrected chi connectivity index (χ3v) is 1.69. The summed E-state index contributed by atoms with van der Waals surface area (Å²) < 4.78 is 5.22. The molecule has 1 N–H and O–H groups in total. The molecule has 0 aliphatic carbocycles. The van der Waals surface area contributed by atoms with Crippen molar-refractivity contribution in [2.24, 2.45) is 0 Å². The molecule has 0 atom stereocenters. The molecule has 0 aromatic heterocycles. The average molecular weight is 187 g/mol. The predicted octanol–water partition coefficient (Wildman–Crippen LogP) is 1.74. The minimum absolute atomic E-state index is 0. The largest absolute Gasteiger partial charge is 0.456 e. The molecular formula is C10H21NO2. The van der Waals surface area contributed by atoms with E-state index in [1.54, 1.807) is 6.92 Å². The molecule has 0 heterocycles. The topological polar surface area (TPSA) is 38.3 Å². The van der Waals surface area contributed by atoms with Gasteiger partial charge in [0.1, 0.15) is 5.60 Å². The lowest BCUT2D eigenvalue weighted by atomic mass is 10.1. The van der Waals surface area contributed by atoms with Crippen LogP contribution in [0.3, 0.4) is 0 Å². The molecule has 0 aromatic carbocycles. The van der Waals surface area contributed by atoms with Gasteiger partial charge in [0.25, 0.3) is 0 Å². The lowest BCUT2D eigenvalue weighted by molar-refractivity contribution is -0.151. The molecule has 3 nitrogen and oxygen atoms in total. The summed E-state index contributed by atoms with van der Waals surface area (Å²) in [4.78, 5) is 11.2. The van der Waals surface area contributed by atoms with Gasteiger partial charge < -0.3 is 10.1 Å². The van der Waals surface area contributed by atoms with Crippen LogP contribution < -0.4 is 5.32 Å². The van der Waals surface area contributed by atoms with Gasteiger partial charge in [-0.05, 0) is 40.8 Å². The summed E-state index contributed by atoms with van der Waals surface area (Å²) in [6.07, 6.45) is 0.794. The number of nitrogens with one attached hydrogen (secondary N) is 1. The van der Waals surface area contributed by atoms with Crippen LogP contribution in [0.5, 0.6) is 0 Å². The first-order valence-corrected chi connectivity index (χ1v) is 4.42. The number of rotatable bonds is 5. The lowest BCUT2D eigenvalue weighted by Crippen LogP contribution is -2.31. The fourth-order valence-corrected chi connectivity index (χ4v) is 0.815. The van der Waals surface area contributed by atoms with E-state index in [-0.39, 0.29) is 7.40 Å². The monoisotopic (exact) mass is 187 g/mol. The Kier molecular flexibility index (Phi) is 4.70. The van der Waals surface area contributed by atoms with Crippen LogP contribution in [0.2, 0.25) is 0 Å². The first kappa shape index (κ1) is 12.2. The summed E-state index contributed by atoms with van der Waals surface area (Å²) >= 11 is 0. The van der Waals surface area contributed by atoms with Crippen molar-refractivity contribution in [2.45, 2.75) is 32.8 Å². The highest BCUT2D eigenvalue weighted by Crippen LogP contribution is 2.15. The highest BCUT2D eigenvalue weighted by atomic mass is 16.6. The van der Waals surface area contributed by atoms with E-state index in [1.807, 2.05) is 20.9 Å². The Balaban J connectivity index is 0. The van der Waals surface area contributed by atoms with Crippen molar-refractivity contribution in [1.29, 1.82) is 0 Å². The maximum atomic E-state index is 11.2. The molecule has 0 unspecified atom stereocenters. The van der Waals surface area contributed by atoms with Crippen molar-refractivity contribution >= 4 is 5.97 Å². The summed E-state index contributed by atoms with van der Waals surface area (Å²) in [6.45, 7) is 9.80. The molecule has 13 heavy (non-hydrogen) atoms. The average Bonchev–Trinajstić information content (AvgIpc) is 2.00. The molecule has 0 radical (unpaired) electrons. The lowest BCUT2D eigenvalue weighted by Gasteiger charge is -2.24. The van der Waals surface area contributed by atoms with E-state index in [1.165, 1.54) is 0 Å². The fourth-order valence-electron chi connectivity index (χ4n) is 0.815. The standard InChI is InChI=1S/C10H19NO2.H2/c1-8(2)9(12)13-10(3,4)6-7-11-5;/h11H,1,6-7H2,2-5H3;1H.